The molecular formula is C11H19N3O2. The van der Waals surface area contributed by atoms with Gasteiger partial charge in [-0.25, -0.2) is 4.98 Å². The molecule has 1 aromatic rings. The highest BCUT2D eigenvalue weighted by atomic mass is 16.5. The Morgan fingerprint density at radius 3 is 2.88 bits per heavy atom. The Hall–Kier alpha value is -1.36. The summed E-state index contributed by atoms with van der Waals surface area (Å²) >= 11 is 0. The summed E-state index contributed by atoms with van der Waals surface area (Å²) in [4.78, 5) is 8.42. The van der Waals surface area contributed by atoms with Crippen molar-refractivity contribution in [3.63, 3.8) is 0 Å². The average molecular weight is 225 g/mol. The van der Waals surface area contributed by atoms with Gasteiger partial charge in [-0.15, -0.1) is 0 Å². The van der Waals surface area contributed by atoms with Gasteiger partial charge in [-0.1, -0.05) is 0 Å². The van der Waals surface area contributed by atoms with E-state index in [0.717, 1.165) is 5.69 Å². The molecule has 0 saturated heterocycles. The molecule has 2 N–H and O–H groups in total. The number of ether oxygens (including phenoxy) is 1. The number of aliphatic hydroxyl groups is 1. The summed E-state index contributed by atoms with van der Waals surface area (Å²) < 4.78 is 5.31. The SMILES string of the molecule is CCOc1cc(C)nc(NCCC(C)O)n1. The lowest BCUT2D eigenvalue weighted by atomic mass is 10.3. The van der Waals surface area contributed by atoms with Crippen LogP contribution in [0.5, 0.6) is 5.88 Å². The molecule has 0 fully saturated rings. The van der Waals surface area contributed by atoms with E-state index >= 15 is 0 Å². The van der Waals surface area contributed by atoms with Crippen LogP contribution in [-0.4, -0.2) is 34.3 Å². The summed E-state index contributed by atoms with van der Waals surface area (Å²) in [6.07, 6.45) is 0.352. The summed E-state index contributed by atoms with van der Waals surface area (Å²) in [5.41, 5.74) is 0.859. The number of nitrogens with one attached hydrogen (secondary N) is 1. The zero-order valence-corrected chi connectivity index (χ0v) is 10.0. The van der Waals surface area contributed by atoms with E-state index in [1.165, 1.54) is 0 Å². The molecule has 1 aromatic heterocycles. The van der Waals surface area contributed by atoms with Crippen LogP contribution in [-0.2, 0) is 0 Å². The Morgan fingerprint density at radius 1 is 1.50 bits per heavy atom. The van der Waals surface area contributed by atoms with Crippen molar-refractivity contribution in [2.24, 2.45) is 0 Å². The van der Waals surface area contributed by atoms with Crippen LogP contribution in [0.4, 0.5) is 5.95 Å². The second-order valence-electron chi connectivity index (χ2n) is 3.67. The van der Waals surface area contributed by atoms with E-state index in [0.29, 0.717) is 31.4 Å². The third-order valence-corrected chi connectivity index (χ3v) is 1.97. The van der Waals surface area contributed by atoms with E-state index in [4.69, 9.17) is 9.84 Å². The molecule has 0 spiro atoms. The van der Waals surface area contributed by atoms with E-state index in [1.54, 1.807) is 13.0 Å². The second kappa shape index (κ2) is 6.27. The maximum absolute atomic E-state index is 9.12. The van der Waals surface area contributed by atoms with Crippen LogP contribution in [0, 0.1) is 6.92 Å². The lowest BCUT2D eigenvalue weighted by Gasteiger charge is -2.09. The fourth-order valence-corrected chi connectivity index (χ4v) is 1.23. The topological polar surface area (TPSA) is 67.3 Å². The first kappa shape index (κ1) is 12.7. The smallest absolute Gasteiger partial charge is 0.226 e. The van der Waals surface area contributed by atoms with E-state index in [-0.39, 0.29) is 6.10 Å². The summed E-state index contributed by atoms with van der Waals surface area (Å²) in [7, 11) is 0. The first-order valence-corrected chi connectivity index (χ1v) is 5.52. The molecule has 5 heteroatoms. The minimum absolute atomic E-state index is 0.316. The van der Waals surface area contributed by atoms with Crippen LogP contribution < -0.4 is 10.1 Å². The molecule has 1 heterocycles. The van der Waals surface area contributed by atoms with Crippen molar-refractivity contribution < 1.29 is 9.84 Å². The first-order valence-electron chi connectivity index (χ1n) is 5.52. The fourth-order valence-electron chi connectivity index (χ4n) is 1.23. The third-order valence-electron chi connectivity index (χ3n) is 1.97. The van der Waals surface area contributed by atoms with Gasteiger partial charge in [0, 0.05) is 18.3 Å². The molecule has 16 heavy (non-hydrogen) atoms. The van der Waals surface area contributed by atoms with Crippen molar-refractivity contribution in [3.8, 4) is 5.88 Å². The Balaban J connectivity index is 2.58. The van der Waals surface area contributed by atoms with Crippen molar-refractivity contribution >= 4 is 5.95 Å². The normalized spacial score (nSPS) is 12.2. The molecule has 1 atom stereocenters. The molecule has 0 aliphatic carbocycles. The molecule has 0 aliphatic rings. The lowest BCUT2D eigenvalue weighted by molar-refractivity contribution is 0.188. The molecule has 0 saturated carbocycles. The second-order valence-corrected chi connectivity index (χ2v) is 3.67. The van der Waals surface area contributed by atoms with Gasteiger partial charge in [0.25, 0.3) is 0 Å². The number of aromatic nitrogens is 2. The van der Waals surface area contributed by atoms with Gasteiger partial charge in [0.15, 0.2) is 0 Å². The number of hydrogen-bond donors (Lipinski definition) is 2. The molecule has 1 unspecified atom stereocenters. The summed E-state index contributed by atoms with van der Waals surface area (Å²) in [6, 6.07) is 1.79. The summed E-state index contributed by atoms with van der Waals surface area (Å²) in [5.74, 6) is 1.12. The van der Waals surface area contributed by atoms with E-state index in [2.05, 4.69) is 15.3 Å². The van der Waals surface area contributed by atoms with E-state index in [1.807, 2.05) is 13.8 Å². The average Bonchev–Trinajstić information content (AvgIpc) is 2.16. The number of rotatable bonds is 6. The molecule has 0 bridgehead atoms. The van der Waals surface area contributed by atoms with Crippen LogP contribution in [0.3, 0.4) is 0 Å². The molecule has 0 aliphatic heterocycles. The highest BCUT2D eigenvalue weighted by Crippen LogP contribution is 2.11. The van der Waals surface area contributed by atoms with Gasteiger partial charge in [-0.2, -0.15) is 4.98 Å². The quantitative estimate of drug-likeness (QED) is 0.765. The van der Waals surface area contributed by atoms with E-state index < -0.39 is 0 Å². The predicted molar refractivity (Wildman–Crippen MR) is 62.7 cm³/mol. The molecule has 0 aromatic carbocycles. The highest BCUT2D eigenvalue weighted by Gasteiger charge is 2.02. The van der Waals surface area contributed by atoms with Gasteiger partial charge in [0.1, 0.15) is 0 Å². The highest BCUT2D eigenvalue weighted by molar-refractivity contribution is 5.30. The molecule has 0 radical (unpaired) electrons. The van der Waals surface area contributed by atoms with Crippen molar-refractivity contribution in [1.29, 1.82) is 0 Å². The number of aryl methyl sites for hydroxylation is 1. The zero-order valence-electron chi connectivity index (χ0n) is 10.0. The van der Waals surface area contributed by atoms with Crippen molar-refractivity contribution in [1.82, 2.24) is 9.97 Å². The van der Waals surface area contributed by atoms with Gasteiger partial charge >= 0.3 is 0 Å². The van der Waals surface area contributed by atoms with Crippen molar-refractivity contribution in [2.75, 3.05) is 18.5 Å². The molecule has 5 nitrogen and oxygen atoms in total. The van der Waals surface area contributed by atoms with Gasteiger partial charge in [-0.05, 0) is 27.2 Å². The Morgan fingerprint density at radius 2 is 2.25 bits per heavy atom. The Labute approximate surface area is 95.9 Å². The van der Waals surface area contributed by atoms with Crippen LogP contribution in [0.1, 0.15) is 26.0 Å². The minimum atomic E-state index is -0.316. The summed E-state index contributed by atoms with van der Waals surface area (Å²) in [6.45, 7) is 6.79. The first-order chi connectivity index (χ1) is 7.61. The van der Waals surface area contributed by atoms with Crippen molar-refractivity contribution in [3.05, 3.63) is 11.8 Å². The Kier molecular flexibility index (Phi) is 4.98. The zero-order chi connectivity index (χ0) is 12.0. The lowest BCUT2D eigenvalue weighted by Crippen LogP contribution is -2.12. The number of anilines is 1. The largest absolute Gasteiger partial charge is 0.478 e. The van der Waals surface area contributed by atoms with Gasteiger partial charge in [-0.3, -0.25) is 0 Å². The molecular weight excluding hydrogens is 206 g/mol. The number of hydrogen-bond acceptors (Lipinski definition) is 5. The standard InChI is InChI=1S/C11H19N3O2/c1-4-16-10-7-8(2)13-11(14-10)12-6-5-9(3)15/h7,9,15H,4-6H2,1-3H3,(H,12,13,14). The maximum Gasteiger partial charge on any atom is 0.226 e. The van der Waals surface area contributed by atoms with Gasteiger partial charge < -0.3 is 15.2 Å². The maximum atomic E-state index is 9.12. The third kappa shape index (κ3) is 4.44. The Bertz CT molecular complexity index is 329. The van der Waals surface area contributed by atoms with Gasteiger partial charge in [0.05, 0.1) is 12.7 Å². The van der Waals surface area contributed by atoms with Crippen LogP contribution in [0.25, 0.3) is 0 Å². The van der Waals surface area contributed by atoms with Crippen LogP contribution >= 0.6 is 0 Å². The molecule has 0 amide bonds. The van der Waals surface area contributed by atoms with Crippen LogP contribution in [0.2, 0.25) is 0 Å². The molecule has 90 valence electrons. The minimum Gasteiger partial charge on any atom is -0.478 e. The monoisotopic (exact) mass is 225 g/mol. The summed E-state index contributed by atoms with van der Waals surface area (Å²) in [5, 5.41) is 12.2. The van der Waals surface area contributed by atoms with Crippen molar-refractivity contribution in [2.45, 2.75) is 33.3 Å². The predicted octanol–water partition coefficient (Wildman–Crippen LogP) is 1.37. The van der Waals surface area contributed by atoms with Gasteiger partial charge in [0.2, 0.25) is 11.8 Å². The fraction of sp³-hybridized carbons (Fsp3) is 0.636. The molecule has 1 rings (SSSR count). The number of nitrogens with zero attached hydrogens (tertiary/aromatic N) is 2. The van der Waals surface area contributed by atoms with Crippen LogP contribution in [0.15, 0.2) is 6.07 Å². The number of aliphatic hydroxyl groups excluding tert-OH is 1. The van der Waals surface area contributed by atoms with E-state index in [9.17, 15) is 0 Å².